The molecule has 1 N–H and O–H groups in total. The number of likely N-dealkylation sites (tertiary alicyclic amines) is 1. The Balaban J connectivity index is 1.75. The summed E-state index contributed by atoms with van der Waals surface area (Å²) in [6, 6.07) is 2.43. The van der Waals surface area contributed by atoms with E-state index in [-0.39, 0.29) is 5.91 Å². The van der Waals surface area contributed by atoms with Crippen LogP contribution in [0.25, 0.3) is 0 Å². The summed E-state index contributed by atoms with van der Waals surface area (Å²) < 4.78 is 1.72. The molecule has 5 heteroatoms. The molecule has 2 fully saturated rings. The van der Waals surface area contributed by atoms with E-state index in [1.807, 2.05) is 18.0 Å². The van der Waals surface area contributed by atoms with Gasteiger partial charge in [0, 0.05) is 26.2 Å². The van der Waals surface area contributed by atoms with Crippen molar-refractivity contribution in [3.8, 4) is 0 Å². The molecular formula is C14H22N4O. The minimum atomic E-state index is 0.130. The molecule has 1 aromatic heterocycles. The SMILES string of the molecule is CCc1cc(C(=O)N2CC3CCCNC3C2)n(C)n1. The van der Waals surface area contributed by atoms with Crippen molar-refractivity contribution in [2.24, 2.45) is 13.0 Å². The topological polar surface area (TPSA) is 50.2 Å². The van der Waals surface area contributed by atoms with E-state index < -0.39 is 0 Å². The summed E-state index contributed by atoms with van der Waals surface area (Å²) >= 11 is 0. The number of piperidine rings is 1. The first-order valence-electron chi connectivity index (χ1n) is 7.24. The summed E-state index contributed by atoms with van der Waals surface area (Å²) in [4.78, 5) is 14.6. The Labute approximate surface area is 114 Å². The van der Waals surface area contributed by atoms with Crippen molar-refractivity contribution in [2.75, 3.05) is 19.6 Å². The highest BCUT2D eigenvalue weighted by atomic mass is 16.2. The average molecular weight is 262 g/mol. The highest BCUT2D eigenvalue weighted by Crippen LogP contribution is 2.26. The van der Waals surface area contributed by atoms with Crippen LogP contribution in [-0.2, 0) is 13.5 Å². The maximum absolute atomic E-state index is 12.6. The van der Waals surface area contributed by atoms with E-state index in [4.69, 9.17) is 0 Å². The van der Waals surface area contributed by atoms with E-state index in [0.29, 0.717) is 12.0 Å². The first kappa shape index (κ1) is 12.7. The van der Waals surface area contributed by atoms with Gasteiger partial charge in [0.1, 0.15) is 5.69 Å². The molecule has 3 heterocycles. The molecule has 0 radical (unpaired) electrons. The number of hydrogen-bond donors (Lipinski definition) is 1. The summed E-state index contributed by atoms with van der Waals surface area (Å²) in [6.07, 6.45) is 3.34. The molecule has 0 aromatic carbocycles. The second-order valence-electron chi connectivity index (χ2n) is 5.67. The maximum Gasteiger partial charge on any atom is 0.272 e. The number of rotatable bonds is 2. The quantitative estimate of drug-likeness (QED) is 0.858. The van der Waals surface area contributed by atoms with Gasteiger partial charge in [0.05, 0.1) is 5.69 Å². The molecule has 104 valence electrons. The normalized spacial score (nSPS) is 26.5. The molecule has 3 rings (SSSR count). The monoisotopic (exact) mass is 262 g/mol. The lowest BCUT2D eigenvalue weighted by Crippen LogP contribution is -2.41. The predicted octanol–water partition coefficient (Wildman–Crippen LogP) is 0.806. The number of nitrogens with one attached hydrogen (secondary N) is 1. The molecule has 2 aliphatic heterocycles. The van der Waals surface area contributed by atoms with Gasteiger partial charge in [-0.1, -0.05) is 6.92 Å². The van der Waals surface area contributed by atoms with Crippen molar-refractivity contribution in [2.45, 2.75) is 32.2 Å². The molecule has 0 bridgehead atoms. The van der Waals surface area contributed by atoms with Gasteiger partial charge in [-0.05, 0) is 37.8 Å². The third-order valence-corrected chi connectivity index (χ3v) is 4.40. The minimum absolute atomic E-state index is 0.130. The predicted molar refractivity (Wildman–Crippen MR) is 73.0 cm³/mol. The van der Waals surface area contributed by atoms with Gasteiger partial charge in [0.15, 0.2) is 0 Å². The fourth-order valence-corrected chi connectivity index (χ4v) is 3.27. The fraction of sp³-hybridized carbons (Fsp3) is 0.714. The van der Waals surface area contributed by atoms with Gasteiger partial charge in [-0.25, -0.2) is 0 Å². The molecule has 2 atom stereocenters. The van der Waals surface area contributed by atoms with E-state index in [2.05, 4.69) is 17.3 Å². The minimum Gasteiger partial charge on any atom is -0.335 e. The van der Waals surface area contributed by atoms with E-state index in [9.17, 15) is 4.79 Å². The standard InChI is InChI=1S/C14H22N4O/c1-3-11-7-13(17(2)16-11)14(19)18-8-10-5-4-6-15-12(10)9-18/h7,10,12,15H,3-6,8-9H2,1-2H3. The van der Waals surface area contributed by atoms with Gasteiger partial charge in [-0.3, -0.25) is 9.48 Å². The molecular weight excluding hydrogens is 240 g/mol. The molecule has 5 nitrogen and oxygen atoms in total. The first-order valence-corrected chi connectivity index (χ1v) is 7.24. The summed E-state index contributed by atoms with van der Waals surface area (Å²) in [5.41, 5.74) is 1.70. The highest BCUT2D eigenvalue weighted by molar-refractivity contribution is 5.93. The number of aryl methyl sites for hydroxylation is 2. The molecule has 2 aliphatic rings. The van der Waals surface area contributed by atoms with Crippen LogP contribution in [0.4, 0.5) is 0 Å². The summed E-state index contributed by atoms with van der Waals surface area (Å²) in [6.45, 7) is 4.89. The van der Waals surface area contributed by atoms with Crippen molar-refractivity contribution in [1.29, 1.82) is 0 Å². The summed E-state index contributed by atoms with van der Waals surface area (Å²) in [5.74, 6) is 0.766. The van der Waals surface area contributed by atoms with E-state index in [1.165, 1.54) is 12.8 Å². The number of amides is 1. The molecule has 19 heavy (non-hydrogen) atoms. The number of nitrogens with zero attached hydrogens (tertiary/aromatic N) is 3. The van der Waals surface area contributed by atoms with E-state index >= 15 is 0 Å². The third kappa shape index (κ3) is 2.27. The Morgan fingerprint density at radius 2 is 2.37 bits per heavy atom. The van der Waals surface area contributed by atoms with E-state index in [0.717, 1.165) is 37.4 Å². The number of fused-ring (bicyclic) bond motifs is 1. The lowest BCUT2D eigenvalue weighted by atomic mass is 9.94. The van der Waals surface area contributed by atoms with Crippen LogP contribution < -0.4 is 5.32 Å². The van der Waals surface area contributed by atoms with Crippen LogP contribution in [0.3, 0.4) is 0 Å². The van der Waals surface area contributed by atoms with Crippen LogP contribution in [0.15, 0.2) is 6.07 Å². The van der Waals surface area contributed by atoms with Gasteiger partial charge >= 0.3 is 0 Å². The second-order valence-corrected chi connectivity index (χ2v) is 5.67. The number of hydrogen-bond acceptors (Lipinski definition) is 3. The Hall–Kier alpha value is -1.36. The van der Waals surface area contributed by atoms with Crippen LogP contribution >= 0.6 is 0 Å². The van der Waals surface area contributed by atoms with Crippen LogP contribution in [0.1, 0.15) is 35.9 Å². The van der Waals surface area contributed by atoms with Gasteiger partial charge in [0.2, 0.25) is 0 Å². The Morgan fingerprint density at radius 1 is 1.53 bits per heavy atom. The summed E-state index contributed by atoms with van der Waals surface area (Å²) in [5, 5.41) is 7.90. The van der Waals surface area contributed by atoms with Crippen LogP contribution in [0.2, 0.25) is 0 Å². The van der Waals surface area contributed by atoms with E-state index in [1.54, 1.807) is 4.68 Å². The molecule has 0 saturated carbocycles. The fourth-order valence-electron chi connectivity index (χ4n) is 3.27. The Bertz CT molecular complexity index is 468. The number of carbonyl (C=O) groups is 1. The molecule has 0 spiro atoms. The first-order chi connectivity index (χ1) is 9.19. The molecule has 1 aromatic rings. The Kier molecular flexibility index (Phi) is 3.31. The van der Waals surface area contributed by atoms with Crippen molar-refractivity contribution in [1.82, 2.24) is 20.0 Å². The number of aromatic nitrogens is 2. The average Bonchev–Trinajstić information content (AvgIpc) is 3.01. The van der Waals surface area contributed by atoms with Crippen LogP contribution in [0, 0.1) is 5.92 Å². The Morgan fingerprint density at radius 3 is 3.05 bits per heavy atom. The maximum atomic E-state index is 12.6. The van der Waals surface area contributed by atoms with Crippen molar-refractivity contribution in [3.63, 3.8) is 0 Å². The lowest BCUT2D eigenvalue weighted by Gasteiger charge is -2.24. The number of carbonyl (C=O) groups excluding carboxylic acids is 1. The van der Waals surface area contributed by atoms with Crippen molar-refractivity contribution < 1.29 is 4.79 Å². The van der Waals surface area contributed by atoms with Gasteiger partial charge in [-0.2, -0.15) is 5.10 Å². The highest BCUT2D eigenvalue weighted by Gasteiger charge is 2.37. The van der Waals surface area contributed by atoms with Gasteiger partial charge in [-0.15, -0.1) is 0 Å². The zero-order valence-corrected chi connectivity index (χ0v) is 11.7. The zero-order valence-electron chi connectivity index (χ0n) is 11.7. The molecule has 2 unspecified atom stereocenters. The molecule has 0 aliphatic carbocycles. The van der Waals surface area contributed by atoms with Crippen LogP contribution in [0.5, 0.6) is 0 Å². The van der Waals surface area contributed by atoms with Gasteiger partial charge in [0.25, 0.3) is 5.91 Å². The molecule has 1 amide bonds. The molecule has 2 saturated heterocycles. The zero-order chi connectivity index (χ0) is 13.4. The lowest BCUT2D eigenvalue weighted by molar-refractivity contribution is 0.0774. The van der Waals surface area contributed by atoms with Crippen molar-refractivity contribution in [3.05, 3.63) is 17.5 Å². The summed E-state index contributed by atoms with van der Waals surface area (Å²) in [7, 11) is 1.85. The third-order valence-electron chi connectivity index (χ3n) is 4.40. The second kappa shape index (κ2) is 4.96. The van der Waals surface area contributed by atoms with Crippen molar-refractivity contribution >= 4 is 5.91 Å². The largest absolute Gasteiger partial charge is 0.335 e. The van der Waals surface area contributed by atoms with Crippen LogP contribution in [-0.4, -0.2) is 46.3 Å². The van der Waals surface area contributed by atoms with Gasteiger partial charge < -0.3 is 10.2 Å². The smallest absolute Gasteiger partial charge is 0.272 e.